The summed E-state index contributed by atoms with van der Waals surface area (Å²) in [7, 11) is 0. The second-order valence-electron chi connectivity index (χ2n) is 6.32. The number of carbonyl (C=O) groups is 2. The van der Waals surface area contributed by atoms with Crippen LogP contribution in [0.1, 0.15) is 25.8 Å². The lowest BCUT2D eigenvalue weighted by Crippen LogP contribution is -2.39. The van der Waals surface area contributed by atoms with E-state index in [2.05, 4.69) is 5.32 Å². The Morgan fingerprint density at radius 1 is 1.19 bits per heavy atom. The average Bonchev–Trinajstić information content (AvgIpc) is 2.66. The van der Waals surface area contributed by atoms with Crippen LogP contribution in [0.15, 0.2) is 42.5 Å². The summed E-state index contributed by atoms with van der Waals surface area (Å²) in [6, 6.07) is 12.8. The maximum Gasteiger partial charge on any atom is 0.265 e. The maximum atomic E-state index is 12.4. The van der Waals surface area contributed by atoms with Gasteiger partial charge in [0, 0.05) is 12.2 Å². The standard InChI is InChI=1S/C21H24N2O4/c1-3-11-23-18-13-16(7-10-19(18)27-14-21(23)25)22-20(24)12-15-5-8-17(9-6-15)26-4-2/h5-10,13H,3-4,11-12,14H2,1-2H3,(H,22,24). The van der Waals surface area contributed by atoms with Gasteiger partial charge < -0.3 is 19.7 Å². The second kappa shape index (κ2) is 8.58. The van der Waals surface area contributed by atoms with Crippen LogP contribution in [0.25, 0.3) is 0 Å². The van der Waals surface area contributed by atoms with Crippen molar-refractivity contribution in [1.29, 1.82) is 0 Å². The van der Waals surface area contributed by atoms with Crippen LogP contribution in [-0.2, 0) is 16.0 Å². The molecule has 0 spiro atoms. The van der Waals surface area contributed by atoms with Crippen LogP contribution in [0.4, 0.5) is 11.4 Å². The number of nitrogens with one attached hydrogen (secondary N) is 1. The quantitative estimate of drug-likeness (QED) is 0.813. The van der Waals surface area contributed by atoms with Crippen LogP contribution >= 0.6 is 0 Å². The van der Waals surface area contributed by atoms with E-state index in [1.54, 1.807) is 23.1 Å². The van der Waals surface area contributed by atoms with Crippen molar-refractivity contribution in [2.75, 3.05) is 30.0 Å². The predicted octanol–water partition coefficient (Wildman–Crippen LogP) is 3.40. The number of benzene rings is 2. The molecule has 27 heavy (non-hydrogen) atoms. The molecule has 142 valence electrons. The first-order valence-electron chi connectivity index (χ1n) is 9.19. The topological polar surface area (TPSA) is 67.9 Å². The molecule has 2 aromatic rings. The summed E-state index contributed by atoms with van der Waals surface area (Å²) in [5, 5.41) is 2.89. The Bertz CT molecular complexity index is 817. The number of hydrogen-bond donors (Lipinski definition) is 1. The first-order chi connectivity index (χ1) is 13.1. The number of hydrogen-bond acceptors (Lipinski definition) is 4. The van der Waals surface area contributed by atoms with Crippen LogP contribution in [0, 0.1) is 0 Å². The molecule has 0 radical (unpaired) electrons. The highest BCUT2D eigenvalue weighted by molar-refractivity contribution is 5.99. The molecule has 0 saturated carbocycles. The zero-order chi connectivity index (χ0) is 19.2. The number of ether oxygens (including phenoxy) is 2. The molecule has 3 rings (SSSR count). The minimum Gasteiger partial charge on any atom is -0.494 e. The van der Waals surface area contributed by atoms with E-state index in [-0.39, 0.29) is 24.8 Å². The summed E-state index contributed by atoms with van der Waals surface area (Å²) in [5.41, 5.74) is 2.25. The molecule has 0 atom stereocenters. The van der Waals surface area contributed by atoms with Gasteiger partial charge >= 0.3 is 0 Å². The van der Waals surface area contributed by atoms with Crippen molar-refractivity contribution in [1.82, 2.24) is 0 Å². The van der Waals surface area contributed by atoms with Crippen molar-refractivity contribution < 1.29 is 19.1 Å². The molecule has 1 N–H and O–H groups in total. The van der Waals surface area contributed by atoms with Crippen LogP contribution in [-0.4, -0.2) is 31.6 Å². The molecule has 0 aliphatic carbocycles. The van der Waals surface area contributed by atoms with Gasteiger partial charge in [0.1, 0.15) is 11.5 Å². The summed E-state index contributed by atoms with van der Waals surface area (Å²) < 4.78 is 10.9. The van der Waals surface area contributed by atoms with Crippen LogP contribution in [0.2, 0.25) is 0 Å². The number of fused-ring (bicyclic) bond motifs is 1. The van der Waals surface area contributed by atoms with Gasteiger partial charge in [-0.25, -0.2) is 0 Å². The van der Waals surface area contributed by atoms with Gasteiger partial charge in [0.2, 0.25) is 5.91 Å². The van der Waals surface area contributed by atoms with E-state index in [0.717, 1.165) is 17.7 Å². The third-order valence-electron chi connectivity index (χ3n) is 4.23. The third kappa shape index (κ3) is 4.58. The van der Waals surface area contributed by atoms with E-state index in [1.165, 1.54) is 0 Å². The molecule has 0 fully saturated rings. The molecule has 2 amide bonds. The molecule has 6 nitrogen and oxygen atoms in total. The highest BCUT2D eigenvalue weighted by Crippen LogP contribution is 2.34. The highest BCUT2D eigenvalue weighted by atomic mass is 16.5. The third-order valence-corrected chi connectivity index (χ3v) is 4.23. The van der Waals surface area contributed by atoms with Gasteiger partial charge in [-0.1, -0.05) is 19.1 Å². The van der Waals surface area contributed by atoms with Gasteiger partial charge in [-0.2, -0.15) is 0 Å². The van der Waals surface area contributed by atoms with E-state index < -0.39 is 0 Å². The number of rotatable bonds is 7. The van der Waals surface area contributed by atoms with Gasteiger partial charge in [0.15, 0.2) is 6.61 Å². The Morgan fingerprint density at radius 3 is 2.67 bits per heavy atom. The fourth-order valence-corrected chi connectivity index (χ4v) is 3.01. The lowest BCUT2D eigenvalue weighted by Gasteiger charge is -2.29. The first kappa shape index (κ1) is 18.8. The maximum absolute atomic E-state index is 12.4. The molecule has 0 unspecified atom stereocenters. The summed E-state index contributed by atoms with van der Waals surface area (Å²) in [5.74, 6) is 1.26. The van der Waals surface area contributed by atoms with Crippen molar-refractivity contribution in [3.8, 4) is 11.5 Å². The largest absolute Gasteiger partial charge is 0.494 e. The summed E-state index contributed by atoms with van der Waals surface area (Å²) in [6.07, 6.45) is 1.11. The zero-order valence-electron chi connectivity index (χ0n) is 15.7. The molecular weight excluding hydrogens is 344 g/mol. The number of amides is 2. The molecule has 1 heterocycles. The fraction of sp³-hybridized carbons (Fsp3) is 0.333. The molecule has 2 aromatic carbocycles. The Labute approximate surface area is 159 Å². The van der Waals surface area contributed by atoms with Gasteiger partial charge in [-0.3, -0.25) is 9.59 Å². The van der Waals surface area contributed by atoms with Crippen LogP contribution < -0.4 is 19.7 Å². The molecular formula is C21H24N2O4. The lowest BCUT2D eigenvalue weighted by atomic mass is 10.1. The molecule has 0 saturated heterocycles. The smallest absolute Gasteiger partial charge is 0.265 e. The van der Waals surface area contributed by atoms with E-state index >= 15 is 0 Å². The van der Waals surface area contributed by atoms with Crippen molar-refractivity contribution >= 4 is 23.2 Å². The van der Waals surface area contributed by atoms with Gasteiger partial charge in [0.05, 0.1) is 18.7 Å². The Kier molecular flexibility index (Phi) is 5.96. The Morgan fingerprint density at radius 2 is 1.96 bits per heavy atom. The normalized spacial score (nSPS) is 13.0. The van der Waals surface area contributed by atoms with Crippen molar-refractivity contribution in [3.63, 3.8) is 0 Å². The Hall–Kier alpha value is -3.02. The van der Waals surface area contributed by atoms with Crippen molar-refractivity contribution in [2.24, 2.45) is 0 Å². The van der Waals surface area contributed by atoms with E-state index in [9.17, 15) is 9.59 Å². The molecule has 6 heteroatoms. The van der Waals surface area contributed by atoms with Crippen molar-refractivity contribution in [2.45, 2.75) is 26.7 Å². The second-order valence-corrected chi connectivity index (χ2v) is 6.32. The van der Waals surface area contributed by atoms with Gasteiger partial charge in [-0.05, 0) is 49.2 Å². The minimum atomic E-state index is -0.121. The van der Waals surface area contributed by atoms with Crippen molar-refractivity contribution in [3.05, 3.63) is 48.0 Å². The average molecular weight is 368 g/mol. The molecule has 1 aliphatic heterocycles. The fourth-order valence-electron chi connectivity index (χ4n) is 3.01. The Balaban J connectivity index is 1.68. The number of nitrogens with zero attached hydrogens (tertiary/aromatic N) is 1. The van der Waals surface area contributed by atoms with Gasteiger partial charge in [-0.15, -0.1) is 0 Å². The number of anilines is 2. The summed E-state index contributed by atoms with van der Waals surface area (Å²) in [6.45, 7) is 5.24. The summed E-state index contributed by atoms with van der Waals surface area (Å²) >= 11 is 0. The molecule has 0 aromatic heterocycles. The molecule has 1 aliphatic rings. The van der Waals surface area contributed by atoms with Crippen LogP contribution in [0.3, 0.4) is 0 Å². The number of carbonyl (C=O) groups excluding carboxylic acids is 2. The SMILES string of the molecule is CCCN1C(=O)COc2ccc(NC(=O)Cc3ccc(OCC)cc3)cc21. The monoisotopic (exact) mass is 368 g/mol. The molecule has 0 bridgehead atoms. The predicted molar refractivity (Wildman–Crippen MR) is 105 cm³/mol. The highest BCUT2D eigenvalue weighted by Gasteiger charge is 2.25. The summed E-state index contributed by atoms with van der Waals surface area (Å²) in [4.78, 5) is 26.2. The van der Waals surface area contributed by atoms with E-state index in [4.69, 9.17) is 9.47 Å². The first-order valence-corrected chi connectivity index (χ1v) is 9.19. The zero-order valence-corrected chi connectivity index (χ0v) is 15.7. The van der Waals surface area contributed by atoms with E-state index in [0.29, 0.717) is 30.3 Å². The lowest BCUT2D eigenvalue weighted by molar-refractivity contribution is -0.121. The van der Waals surface area contributed by atoms with Crippen LogP contribution in [0.5, 0.6) is 11.5 Å². The minimum absolute atomic E-state index is 0.0520. The van der Waals surface area contributed by atoms with Gasteiger partial charge in [0.25, 0.3) is 5.91 Å². The van der Waals surface area contributed by atoms with E-state index in [1.807, 2.05) is 38.1 Å².